The molecule has 7 nitrogen and oxygen atoms in total. The SMILES string of the molecule is CCC(NC(=O)Nc1ccccn1)C(=O)N1CCOCC1. The molecule has 114 valence electrons. The second-order valence-electron chi connectivity index (χ2n) is 4.71. The highest BCUT2D eigenvalue weighted by Gasteiger charge is 2.25. The molecule has 0 saturated carbocycles. The highest BCUT2D eigenvalue weighted by atomic mass is 16.5. The van der Waals surface area contributed by atoms with Crippen LogP contribution in [0.5, 0.6) is 0 Å². The fourth-order valence-electron chi connectivity index (χ4n) is 2.09. The van der Waals surface area contributed by atoms with Gasteiger partial charge in [-0.3, -0.25) is 10.1 Å². The predicted octanol–water partition coefficient (Wildman–Crippen LogP) is 0.840. The largest absolute Gasteiger partial charge is 0.378 e. The maximum absolute atomic E-state index is 12.3. The molecule has 0 bridgehead atoms. The van der Waals surface area contributed by atoms with Crippen LogP contribution in [-0.4, -0.2) is 54.2 Å². The molecule has 1 atom stereocenters. The molecule has 21 heavy (non-hydrogen) atoms. The Balaban J connectivity index is 1.88. The van der Waals surface area contributed by atoms with Crippen LogP contribution < -0.4 is 10.6 Å². The van der Waals surface area contributed by atoms with Crippen LogP contribution in [0.4, 0.5) is 10.6 Å². The normalized spacial score (nSPS) is 16.1. The summed E-state index contributed by atoms with van der Waals surface area (Å²) in [5, 5.41) is 5.30. The number of morpholine rings is 1. The number of carbonyl (C=O) groups is 2. The summed E-state index contributed by atoms with van der Waals surface area (Å²) in [5.74, 6) is 0.376. The van der Waals surface area contributed by atoms with Crippen molar-refractivity contribution in [2.75, 3.05) is 31.6 Å². The Hall–Kier alpha value is -2.15. The standard InChI is InChI=1S/C14H20N4O3/c1-2-11(13(19)18-7-9-21-10-8-18)16-14(20)17-12-5-3-4-6-15-12/h3-6,11H,2,7-10H2,1H3,(H2,15,16,17,20). The fraction of sp³-hybridized carbons (Fsp3) is 0.500. The van der Waals surface area contributed by atoms with E-state index in [4.69, 9.17) is 4.74 Å². The maximum Gasteiger partial charge on any atom is 0.321 e. The molecule has 2 rings (SSSR count). The van der Waals surface area contributed by atoms with Crippen LogP contribution in [0.1, 0.15) is 13.3 Å². The Labute approximate surface area is 123 Å². The van der Waals surface area contributed by atoms with Gasteiger partial charge in [0.2, 0.25) is 5.91 Å². The molecule has 1 fully saturated rings. The summed E-state index contributed by atoms with van der Waals surface area (Å²) in [4.78, 5) is 30.0. The van der Waals surface area contributed by atoms with E-state index in [0.717, 1.165) is 0 Å². The number of hydrogen-bond acceptors (Lipinski definition) is 4. The number of hydrogen-bond donors (Lipinski definition) is 2. The molecule has 0 radical (unpaired) electrons. The summed E-state index contributed by atoms with van der Waals surface area (Å²) in [6.45, 7) is 4.09. The van der Waals surface area contributed by atoms with Gasteiger partial charge in [0.15, 0.2) is 0 Å². The van der Waals surface area contributed by atoms with Crippen molar-refractivity contribution in [3.63, 3.8) is 0 Å². The predicted molar refractivity (Wildman–Crippen MR) is 77.9 cm³/mol. The zero-order valence-corrected chi connectivity index (χ0v) is 12.0. The van der Waals surface area contributed by atoms with E-state index in [2.05, 4.69) is 15.6 Å². The summed E-state index contributed by atoms with van der Waals surface area (Å²) in [7, 11) is 0. The summed E-state index contributed by atoms with van der Waals surface area (Å²) in [5.41, 5.74) is 0. The number of carbonyl (C=O) groups excluding carboxylic acids is 2. The molecule has 3 amide bonds. The van der Waals surface area contributed by atoms with Gasteiger partial charge in [0.1, 0.15) is 11.9 Å². The first-order valence-electron chi connectivity index (χ1n) is 7.05. The molecular weight excluding hydrogens is 272 g/mol. The Bertz CT molecular complexity index is 474. The van der Waals surface area contributed by atoms with Gasteiger partial charge in [-0.1, -0.05) is 13.0 Å². The molecule has 1 saturated heterocycles. The second kappa shape index (κ2) is 7.58. The quantitative estimate of drug-likeness (QED) is 0.861. The highest BCUT2D eigenvalue weighted by Crippen LogP contribution is 2.05. The minimum absolute atomic E-state index is 0.0722. The van der Waals surface area contributed by atoms with Crippen LogP contribution in [0, 0.1) is 0 Å². The highest BCUT2D eigenvalue weighted by molar-refractivity contribution is 5.93. The van der Waals surface area contributed by atoms with Crippen molar-refractivity contribution in [1.82, 2.24) is 15.2 Å². The Morgan fingerprint density at radius 3 is 2.76 bits per heavy atom. The van der Waals surface area contributed by atoms with Crippen molar-refractivity contribution in [2.45, 2.75) is 19.4 Å². The van der Waals surface area contributed by atoms with Gasteiger partial charge in [-0.25, -0.2) is 9.78 Å². The molecule has 1 aliphatic heterocycles. The summed E-state index contributed by atoms with van der Waals surface area (Å²) < 4.78 is 5.22. The van der Waals surface area contributed by atoms with Crippen LogP contribution in [0.25, 0.3) is 0 Å². The van der Waals surface area contributed by atoms with Gasteiger partial charge in [-0.2, -0.15) is 0 Å². The minimum Gasteiger partial charge on any atom is -0.378 e. The van der Waals surface area contributed by atoms with Gasteiger partial charge in [-0.15, -0.1) is 0 Å². The average Bonchev–Trinajstić information content (AvgIpc) is 2.53. The zero-order chi connectivity index (χ0) is 15.1. The van der Waals surface area contributed by atoms with Gasteiger partial charge in [0.05, 0.1) is 13.2 Å². The van der Waals surface area contributed by atoms with E-state index in [1.807, 2.05) is 6.92 Å². The van der Waals surface area contributed by atoms with Crippen molar-refractivity contribution in [2.24, 2.45) is 0 Å². The molecule has 1 aromatic rings. The number of nitrogens with one attached hydrogen (secondary N) is 2. The molecule has 0 aliphatic carbocycles. The van der Waals surface area contributed by atoms with E-state index in [1.54, 1.807) is 29.3 Å². The number of nitrogens with zero attached hydrogens (tertiary/aromatic N) is 2. The van der Waals surface area contributed by atoms with Gasteiger partial charge in [-0.05, 0) is 18.6 Å². The number of ether oxygens (including phenoxy) is 1. The monoisotopic (exact) mass is 292 g/mol. The molecule has 0 aromatic carbocycles. The fourth-order valence-corrected chi connectivity index (χ4v) is 2.09. The van der Waals surface area contributed by atoms with Crippen molar-refractivity contribution in [3.05, 3.63) is 24.4 Å². The number of amides is 3. The number of pyridine rings is 1. The van der Waals surface area contributed by atoms with Gasteiger partial charge in [0.25, 0.3) is 0 Å². The van der Waals surface area contributed by atoms with Crippen LogP contribution in [0.3, 0.4) is 0 Å². The van der Waals surface area contributed by atoms with Crippen molar-refractivity contribution in [3.8, 4) is 0 Å². The number of aromatic nitrogens is 1. The van der Waals surface area contributed by atoms with E-state index in [1.165, 1.54) is 0 Å². The van der Waals surface area contributed by atoms with Crippen LogP contribution >= 0.6 is 0 Å². The van der Waals surface area contributed by atoms with Crippen molar-refractivity contribution >= 4 is 17.8 Å². The lowest BCUT2D eigenvalue weighted by atomic mass is 10.2. The van der Waals surface area contributed by atoms with Crippen LogP contribution in [0.2, 0.25) is 0 Å². The number of urea groups is 1. The third kappa shape index (κ3) is 4.42. The molecule has 2 N–H and O–H groups in total. The summed E-state index contributed by atoms with van der Waals surface area (Å²) in [6, 6.07) is 4.26. The maximum atomic E-state index is 12.3. The molecule has 1 aliphatic rings. The van der Waals surface area contributed by atoms with Gasteiger partial charge < -0.3 is 15.0 Å². The lowest BCUT2D eigenvalue weighted by molar-refractivity contribution is -0.137. The van der Waals surface area contributed by atoms with Crippen LogP contribution in [-0.2, 0) is 9.53 Å². The third-order valence-corrected chi connectivity index (χ3v) is 3.24. The molecule has 2 heterocycles. The van der Waals surface area contributed by atoms with Crippen molar-refractivity contribution < 1.29 is 14.3 Å². The van der Waals surface area contributed by atoms with Crippen molar-refractivity contribution in [1.29, 1.82) is 0 Å². The van der Waals surface area contributed by atoms with E-state index < -0.39 is 12.1 Å². The number of rotatable bonds is 4. The van der Waals surface area contributed by atoms with Gasteiger partial charge >= 0.3 is 6.03 Å². The lowest BCUT2D eigenvalue weighted by Crippen LogP contribution is -2.52. The molecule has 1 unspecified atom stereocenters. The minimum atomic E-state index is -0.535. The topological polar surface area (TPSA) is 83.6 Å². The second-order valence-corrected chi connectivity index (χ2v) is 4.71. The molecular formula is C14H20N4O3. The van der Waals surface area contributed by atoms with E-state index >= 15 is 0 Å². The first kappa shape index (κ1) is 15.2. The van der Waals surface area contributed by atoms with Gasteiger partial charge in [0, 0.05) is 19.3 Å². The number of anilines is 1. The third-order valence-electron chi connectivity index (χ3n) is 3.24. The first-order chi connectivity index (χ1) is 10.2. The molecule has 1 aromatic heterocycles. The molecule has 7 heteroatoms. The summed E-state index contributed by atoms with van der Waals surface area (Å²) in [6.07, 6.45) is 2.12. The lowest BCUT2D eigenvalue weighted by Gasteiger charge is -2.30. The van der Waals surface area contributed by atoms with E-state index in [9.17, 15) is 9.59 Å². The Morgan fingerprint density at radius 2 is 2.14 bits per heavy atom. The first-order valence-corrected chi connectivity index (χ1v) is 7.05. The van der Waals surface area contributed by atoms with E-state index in [0.29, 0.717) is 38.5 Å². The smallest absolute Gasteiger partial charge is 0.321 e. The molecule has 0 spiro atoms. The Kier molecular flexibility index (Phi) is 5.51. The van der Waals surface area contributed by atoms with E-state index in [-0.39, 0.29) is 5.91 Å². The zero-order valence-electron chi connectivity index (χ0n) is 12.0. The average molecular weight is 292 g/mol. The Morgan fingerprint density at radius 1 is 1.38 bits per heavy atom. The summed E-state index contributed by atoms with van der Waals surface area (Å²) >= 11 is 0. The van der Waals surface area contributed by atoms with Crippen LogP contribution in [0.15, 0.2) is 24.4 Å².